The molecule has 7 nitrogen and oxygen atoms in total. The summed E-state index contributed by atoms with van der Waals surface area (Å²) >= 11 is 0. The lowest BCUT2D eigenvalue weighted by Crippen LogP contribution is -2.44. The molecule has 1 fully saturated rings. The highest BCUT2D eigenvalue weighted by molar-refractivity contribution is 6.30. The summed E-state index contributed by atoms with van der Waals surface area (Å²) < 4.78 is 54.1. The highest BCUT2D eigenvalue weighted by Gasteiger charge is 2.53. The van der Waals surface area contributed by atoms with Gasteiger partial charge in [-0.1, -0.05) is 0 Å². The van der Waals surface area contributed by atoms with Crippen LogP contribution in [0.3, 0.4) is 0 Å². The van der Waals surface area contributed by atoms with Gasteiger partial charge in [-0.3, -0.25) is 14.5 Å². The van der Waals surface area contributed by atoms with Crippen LogP contribution >= 0.6 is 0 Å². The summed E-state index contributed by atoms with van der Waals surface area (Å²) in [5.41, 5.74) is 1.46. The van der Waals surface area contributed by atoms with Gasteiger partial charge in [0.15, 0.2) is 0 Å². The molecular weight excluding hydrogens is 420 g/mol. The lowest BCUT2D eigenvalue weighted by atomic mass is 10.0. The van der Waals surface area contributed by atoms with Crippen LogP contribution < -0.4 is 20.9 Å². The second-order valence-electron chi connectivity index (χ2n) is 7.33. The maximum absolute atomic E-state index is 14.4. The smallest absolute Gasteiger partial charge is 0.398 e. The number of nitrogens with two attached hydrogens (primary N) is 1. The Labute approximate surface area is 174 Å². The molecule has 31 heavy (non-hydrogen) atoms. The first-order valence-corrected chi connectivity index (χ1v) is 8.97. The number of alkyl halides is 3. The number of halogens is 4. The topological polar surface area (TPSA) is 95.7 Å². The number of nitrogens with zero attached hydrogens (tertiary/aromatic N) is 2. The van der Waals surface area contributed by atoms with E-state index in [0.29, 0.717) is 11.0 Å². The average molecular weight is 438 g/mol. The van der Waals surface area contributed by atoms with Gasteiger partial charge in [-0.2, -0.15) is 13.2 Å². The van der Waals surface area contributed by atoms with E-state index in [9.17, 15) is 31.9 Å². The monoisotopic (exact) mass is 438 g/mol. The quantitative estimate of drug-likeness (QED) is 0.435. The Balaban J connectivity index is 2.08. The zero-order valence-corrected chi connectivity index (χ0v) is 16.7. The summed E-state index contributed by atoms with van der Waals surface area (Å²) in [5.74, 6) is -2.43. The van der Waals surface area contributed by atoms with Crippen molar-refractivity contribution in [1.82, 2.24) is 5.32 Å². The molecule has 1 heterocycles. The number of amides is 4. The van der Waals surface area contributed by atoms with Crippen LogP contribution in [-0.2, 0) is 11.0 Å². The van der Waals surface area contributed by atoms with Crippen LogP contribution in [0.25, 0.3) is 0 Å². The molecule has 0 radical (unpaired) electrons. The molecule has 0 saturated carbocycles. The minimum absolute atomic E-state index is 0.0394. The summed E-state index contributed by atoms with van der Waals surface area (Å²) in [4.78, 5) is 39.3. The van der Waals surface area contributed by atoms with Gasteiger partial charge in [0.2, 0.25) is 0 Å². The number of carbonyl (C=O) groups is 3. The van der Waals surface area contributed by atoms with Crippen LogP contribution in [-0.4, -0.2) is 30.4 Å². The first-order chi connectivity index (χ1) is 14.3. The average Bonchev–Trinajstić information content (AvgIpc) is 2.85. The number of rotatable bonds is 3. The summed E-state index contributed by atoms with van der Waals surface area (Å²) in [6.07, 6.45) is -4.79. The van der Waals surface area contributed by atoms with E-state index >= 15 is 0 Å². The molecule has 3 rings (SSSR count). The first-order valence-electron chi connectivity index (χ1n) is 8.97. The second kappa shape index (κ2) is 7.25. The molecule has 1 saturated heterocycles. The van der Waals surface area contributed by atoms with Crippen LogP contribution in [0.4, 0.5) is 39.4 Å². The molecule has 0 spiro atoms. The van der Waals surface area contributed by atoms with Crippen molar-refractivity contribution in [3.63, 3.8) is 0 Å². The Kier molecular flexibility index (Phi) is 5.16. The fraction of sp³-hybridized carbons (Fsp3) is 0.250. The maximum atomic E-state index is 14.4. The zero-order valence-electron chi connectivity index (χ0n) is 16.7. The summed E-state index contributed by atoms with van der Waals surface area (Å²) in [6, 6.07) is 5.03. The number of benzene rings is 2. The normalized spacial score (nSPS) is 16.1. The summed E-state index contributed by atoms with van der Waals surface area (Å²) in [6.45, 7) is 2.75. The maximum Gasteiger partial charge on any atom is 0.418 e. The van der Waals surface area contributed by atoms with Crippen molar-refractivity contribution in [1.29, 1.82) is 0 Å². The van der Waals surface area contributed by atoms with Crippen molar-refractivity contribution in [2.45, 2.75) is 25.6 Å². The Morgan fingerprint density at radius 1 is 1.06 bits per heavy atom. The van der Waals surface area contributed by atoms with Crippen LogP contribution in [0, 0.1) is 5.82 Å². The predicted octanol–water partition coefficient (Wildman–Crippen LogP) is 3.54. The van der Waals surface area contributed by atoms with Crippen molar-refractivity contribution in [2.75, 3.05) is 22.6 Å². The Hall–Kier alpha value is -3.63. The molecular formula is C20H18F4N4O3. The van der Waals surface area contributed by atoms with Gasteiger partial charge in [0, 0.05) is 18.4 Å². The highest BCUT2D eigenvalue weighted by atomic mass is 19.4. The predicted molar refractivity (Wildman–Crippen MR) is 105 cm³/mol. The molecule has 1 aliphatic rings. The Bertz CT molecular complexity index is 1100. The van der Waals surface area contributed by atoms with E-state index in [1.807, 2.05) is 0 Å². The summed E-state index contributed by atoms with van der Waals surface area (Å²) in [5, 5.41) is 2.27. The van der Waals surface area contributed by atoms with Gasteiger partial charge in [-0.05, 0) is 50.2 Å². The largest absolute Gasteiger partial charge is 0.418 e. The molecule has 2 aromatic rings. The van der Waals surface area contributed by atoms with Gasteiger partial charge >= 0.3 is 12.2 Å². The second-order valence-corrected chi connectivity index (χ2v) is 7.33. The van der Waals surface area contributed by atoms with E-state index in [2.05, 4.69) is 5.32 Å². The van der Waals surface area contributed by atoms with Gasteiger partial charge in [0.25, 0.3) is 11.8 Å². The number of imide groups is 1. The van der Waals surface area contributed by atoms with Gasteiger partial charge in [0.05, 0.1) is 16.8 Å². The number of anilines is 3. The third kappa shape index (κ3) is 3.56. The number of nitrogens with one attached hydrogen (secondary N) is 1. The van der Waals surface area contributed by atoms with Gasteiger partial charge in [-0.15, -0.1) is 0 Å². The first kappa shape index (κ1) is 22.1. The molecule has 0 atom stereocenters. The minimum Gasteiger partial charge on any atom is -0.398 e. The van der Waals surface area contributed by atoms with Crippen molar-refractivity contribution in [3.8, 4) is 0 Å². The molecule has 4 amide bonds. The highest BCUT2D eigenvalue weighted by Crippen LogP contribution is 2.40. The Morgan fingerprint density at radius 2 is 1.68 bits per heavy atom. The molecule has 0 unspecified atom stereocenters. The van der Waals surface area contributed by atoms with Crippen molar-refractivity contribution < 1.29 is 31.9 Å². The number of hydrogen-bond acceptors (Lipinski definition) is 4. The van der Waals surface area contributed by atoms with Crippen LogP contribution in [0.15, 0.2) is 36.4 Å². The van der Waals surface area contributed by atoms with E-state index in [1.54, 1.807) is 0 Å². The van der Waals surface area contributed by atoms with Crippen LogP contribution in [0.5, 0.6) is 0 Å². The van der Waals surface area contributed by atoms with Gasteiger partial charge in [0.1, 0.15) is 11.4 Å². The van der Waals surface area contributed by atoms with Crippen molar-refractivity contribution >= 4 is 34.9 Å². The minimum atomic E-state index is -4.79. The number of carbonyl (C=O) groups excluding carboxylic acids is 3. The third-order valence-corrected chi connectivity index (χ3v) is 4.95. The number of nitrogen functional groups attached to an aromatic ring is 1. The zero-order chi connectivity index (χ0) is 23.3. The standard InChI is InChI=1S/C20H18F4N4O3/c1-19(2)17(30)27(10-5-7-15(25)13(8-10)20(22,23)24)18(31)28(19)11-4-6-12(14(21)9-11)16(29)26-3/h4-9H,25H2,1-3H3,(H,26,29). The van der Waals surface area contributed by atoms with E-state index in [4.69, 9.17) is 5.73 Å². The van der Waals surface area contributed by atoms with Gasteiger partial charge in [-0.25, -0.2) is 14.1 Å². The molecule has 0 bridgehead atoms. The fourth-order valence-electron chi connectivity index (χ4n) is 3.35. The SMILES string of the molecule is CNC(=O)c1ccc(N2C(=O)N(c3ccc(N)c(C(F)(F)F)c3)C(=O)C2(C)C)cc1F. The lowest BCUT2D eigenvalue weighted by molar-refractivity contribution is -0.137. The van der Waals surface area contributed by atoms with E-state index in [0.717, 1.165) is 29.2 Å². The molecule has 11 heteroatoms. The molecule has 0 aromatic heterocycles. The third-order valence-electron chi connectivity index (χ3n) is 4.95. The van der Waals surface area contributed by atoms with E-state index in [1.165, 1.54) is 27.0 Å². The van der Waals surface area contributed by atoms with E-state index < -0.39 is 46.6 Å². The molecule has 3 N–H and O–H groups in total. The molecule has 1 aliphatic heterocycles. The Morgan fingerprint density at radius 3 is 2.23 bits per heavy atom. The number of hydrogen-bond donors (Lipinski definition) is 2. The van der Waals surface area contributed by atoms with E-state index in [-0.39, 0.29) is 16.9 Å². The lowest BCUT2D eigenvalue weighted by Gasteiger charge is -2.27. The van der Waals surface area contributed by atoms with Gasteiger partial charge < -0.3 is 11.1 Å². The van der Waals surface area contributed by atoms with Crippen LogP contribution in [0.2, 0.25) is 0 Å². The van der Waals surface area contributed by atoms with Crippen molar-refractivity contribution in [2.24, 2.45) is 0 Å². The van der Waals surface area contributed by atoms with Crippen LogP contribution in [0.1, 0.15) is 29.8 Å². The molecule has 0 aliphatic carbocycles. The van der Waals surface area contributed by atoms with Crippen molar-refractivity contribution in [3.05, 3.63) is 53.3 Å². The molecule has 2 aromatic carbocycles. The fourth-order valence-corrected chi connectivity index (χ4v) is 3.35. The summed E-state index contributed by atoms with van der Waals surface area (Å²) in [7, 11) is 1.32. The molecule has 164 valence electrons. The number of urea groups is 1.